The number of carbonyl (C=O) groups excluding carboxylic acids is 2. The van der Waals surface area contributed by atoms with E-state index >= 15 is 0 Å². The lowest BCUT2D eigenvalue weighted by molar-refractivity contribution is 0.0405. The molecular formula is C10H4Br2O3S2. The number of carbonyl (C=O) groups is 2. The van der Waals surface area contributed by atoms with Crippen LogP contribution in [0.25, 0.3) is 0 Å². The molecule has 0 radical (unpaired) electrons. The van der Waals surface area contributed by atoms with Gasteiger partial charge in [0.05, 0.1) is 0 Å². The fourth-order valence-corrected chi connectivity index (χ4v) is 3.63. The zero-order chi connectivity index (χ0) is 12.4. The summed E-state index contributed by atoms with van der Waals surface area (Å²) in [7, 11) is 0. The fourth-order valence-electron chi connectivity index (χ4n) is 1.02. The summed E-state index contributed by atoms with van der Waals surface area (Å²) in [4.78, 5) is 24.0. The van der Waals surface area contributed by atoms with Crippen LogP contribution in [0.4, 0.5) is 0 Å². The molecule has 0 fully saturated rings. The van der Waals surface area contributed by atoms with Crippen molar-refractivity contribution in [3.05, 3.63) is 41.6 Å². The molecule has 3 nitrogen and oxygen atoms in total. The zero-order valence-corrected chi connectivity index (χ0v) is 12.9. The van der Waals surface area contributed by atoms with E-state index in [0.717, 1.165) is 8.95 Å². The molecule has 0 amide bonds. The maximum atomic E-state index is 11.6. The quantitative estimate of drug-likeness (QED) is 0.561. The van der Waals surface area contributed by atoms with Gasteiger partial charge in [-0.15, -0.1) is 22.7 Å². The van der Waals surface area contributed by atoms with Gasteiger partial charge in [0.1, 0.15) is 9.75 Å². The summed E-state index contributed by atoms with van der Waals surface area (Å²) in [6, 6.07) is 3.23. The molecule has 0 spiro atoms. The van der Waals surface area contributed by atoms with E-state index in [0.29, 0.717) is 9.75 Å². The number of hydrogen-bond acceptors (Lipinski definition) is 5. The largest absolute Gasteiger partial charge is 0.384 e. The van der Waals surface area contributed by atoms with Crippen molar-refractivity contribution in [1.82, 2.24) is 0 Å². The summed E-state index contributed by atoms with van der Waals surface area (Å²) in [6.07, 6.45) is 0. The van der Waals surface area contributed by atoms with Crippen molar-refractivity contribution in [3.63, 3.8) is 0 Å². The van der Waals surface area contributed by atoms with E-state index < -0.39 is 11.9 Å². The molecule has 0 saturated heterocycles. The molecule has 0 aliphatic carbocycles. The van der Waals surface area contributed by atoms with Gasteiger partial charge >= 0.3 is 11.9 Å². The first-order valence-electron chi connectivity index (χ1n) is 4.31. The Hall–Kier alpha value is -0.500. The van der Waals surface area contributed by atoms with Gasteiger partial charge in [-0.25, -0.2) is 9.59 Å². The van der Waals surface area contributed by atoms with Gasteiger partial charge in [0.2, 0.25) is 0 Å². The van der Waals surface area contributed by atoms with E-state index in [1.165, 1.54) is 22.7 Å². The minimum atomic E-state index is -0.629. The second-order valence-electron chi connectivity index (χ2n) is 2.94. The Morgan fingerprint density at radius 3 is 1.65 bits per heavy atom. The standard InChI is InChI=1S/C10H4Br2O3S2/c11-5-1-7(16-3-5)9(13)15-10(14)8-2-6(12)4-17-8/h1-4H. The van der Waals surface area contributed by atoms with Crippen LogP contribution in [0.5, 0.6) is 0 Å². The Bertz CT molecular complexity index is 523. The Labute approximate surface area is 122 Å². The highest BCUT2D eigenvalue weighted by molar-refractivity contribution is 9.10. The van der Waals surface area contributed by atoms with Crippen molar-refractivity contribution in [1.29, 1.82) is 0 Å². The summed E-state index contributed by atoms with van der Waals surface area (Å²) in [5.74, 6) is -1.26. The van der Waals surface area contributed by atoms with Gasteiger partial charge in [-0.3, -0.25) is 0 Å². The molecule has 88 valence electrons. The maximum absolute atomic E-state index is 11.6. The Kier molecular flexibility index (Phi) is 4.13. The predicted octanol–water partition coefficient (Wildman–Crippen LogP) is 4.33. The lowest BCUT2D eigenvalue weighted by Gasteiger charge is -1.97. The third kappa shape index (κ3) is 3.25. The third-order valence-electron chi connectivity index (χ3n) is 1.72. The van der Waals surface area contributed by atoms with Crippen LogP contribution in [0.2, 0.25) is 0 Å². The molecule has 0 aliphatic rings. The monoisotopic (exact) mass is 394 g/mol. The first-order chi connectivity index (χ1) is 8.06. The van der Waals surface area contributed by atoms with Crippen LogP contribution in [-0.4, -0.2) is 11.9 Å². The van der Waals surface area contributed by atoms with E-state index in [-0.39, 0.29) is 0 Å². The highest BCUT2D eigenvalue weighted by Crippen LogP contribution is 2.23. The second-order valence-corrected chi connectivity index (χ2v) is 6.59. The Morgan fingerprint density at radius 2 is 1.35 bits per heavy atom. The average Bonchev–Trinajstić information content (AvgIpc) is 2.87. The number of esters is 2. The minimum Gasteiger partial charge on any atom is -0.384 e. The van der Waals surface area contributed by atoms with E-state index in [2.05, 4.69) is 31.9 Å². The van der Waals surface area contributed by atoms with Gasteiger partial charge in [-0.2, -0.15) is 0 Å². The van der Waals surface area contributed by atoms with Crippen LogP contribution in [0, 0.1) is 0 Å². The number of ether oxygens (including phenoxy) is 1. The molecule has 2 aromatic rings. The Morgan fingerprint density at radius 1 is 0.941 bits per heavy atom. The van der Waals surface area contributed by atoms with Crippen LogP contribution in [-0.2, 0) is 4.74 Å². The summed E-state index contributed by atoms with van der Waals surface area (Å²) in [5, 5.41) is 3.51. The molecule has 17 heavy (non-hydrogen) atoms. The highest BCUT2D eigenvalue weighted by atomic mass is 79.9. The van der Waals surface area contributed by atoms with Crippen LogP contribution < -0.4 is 0 Å². The predicted molar refractivity (Wildman–Crippen MR) is 73.8 cm³/mol. The molecule has 0 aromatic carbocycles. The summed E-state index contributed by atoms with van der Waals surface area (Å²) >= 11 is 8.90. The van der Waals surface area contributed by atoms with Crippen LogP contribution in [0.3, 0.4) is 0 Å². The lowest BCUT2D eigenvalue weighted by atomic mass is 10.4. The van der Waals surface area contributed by atoms with E-state index in [1.807, 2.05) is 0 Å². The van der Waals surface area contributed by atoms with E-state index in [4.69, 9.17) is 4.74 Å². The van der Waals surface area contributed by atoms with E-state index in [1.54, 1.807) is 22.9 Å². The lowest BCUT2D eigenvalue weighted by Crippen LogP contribution is -2.10. The molecule has 0 aliphatic heterocycles. The van der Waals surface area contributed by atoms with E-state index in [9.17, 15) is 9.59 Å². The summed E-state index contributed by atoms with van der Waals surface area (Å²) in [5.41, 5.74) is 0. The Balaban J connectivity index is 2.07. The van der Waals surface area contributed by atoms with Gasteiger partial charge in [0, 0.05) is 19.7 Å². The highest BCUT2D eigenvalue weighted by Gasteiger charge is 2.17. The molecule has 0 saturated carbocycles. The van der Waals surface area contributed by atoms with Crippen molar-refractivity contribution in [2.24, 2.45) is 0 Å². The molecule has 2 rings (SSSR count). The normalized spacial score (nSPS) is 10.2. The smallest absolute Gasteiger partial charge is 0.356 e. The summed E-state index contributed by atoms with van der Waals surface area (Å²) < 4.78 is 6.34. The van der Waals surface area contributed by atoms with Crippen molar-refractivity contribution in [3.8, 4) is 0 Å². The second kappa shape index (κ2) is 5.43. The zero-order valence-electron chi connectivity index (χ0n) is 8.11. The van der Waals surface area contributed by atoms with Crippen LogP contribution in [0.1, 0.15) is 19.3 Å². The van der Waals surface area contributed by atoms with Crippen LogP contribution >= 0.6 is 54.5 Å². The maximum Gasteiger partial charge on any atom is 0.356 e. The molecule has 0 N–H and O–H groups in total. The number of rotatable bonds is 2. The first-order valence-corrected chi connectivity index (χ1v) is 7.65. The minimum absolute atomic E-state index is 0.390. The SMILES string of the molecule is O=C(OC(=O)c1cc(Br)cs1)c1cc(Br)cs1. The van der Waals surface area contributed by atoms with Crippen molar-refractivity contribution < 1.29 is 14.3 Å². The topological polar surface area (TPSA) is 43.4 Å². The molecule has 7 heteroatoms. The number of thiophene rings is 2. The summed E-state index contributed by atoms with van der Waals surface area (Å²) in [6.45, 7) is 0. The molecule has 0 atom stereocenters. The van der Waals surface area contributed by atoms with Crippen LogP contribution in [0.15, 0.2) is 31.8 Å². The van der Waals surface area contributed by atoms with Crippen molar-refractivity contribution in [2.75, 3.05) is 0 Å². The molecule has 2 heterocycles. The third-order valence-corrected chi connectivity index (χ3v) is 5.06. The average molecular weight is 396 g/mol. The first kappa shape index (κ1) is 12.9. The van der Waals surface area contributed by atoms with Gasteiger partial charge in [0.25, 0.3) is 0 Å². The van der Waals surface area contributed by atoms with Gasteiger partial charge in [-0.05, 0) is 44.0 Å². The van der Waals surface area contributed by atoms with Crippen molar-refractivity contribution in [2.45, 2.75) is 0 Å². The number of halogens is 2. The fraction of sp³-hybridized carbons (Fsp3) is 0. The van der Waals surface area contributed by atoms with Crippen molar-refractivity contribution >= 4 is 66.5 Å². The van der Waals surface area contributed by atoms with Gasteiger partial charge in [-0.1, -0.05) is 0 Å². The van der Waals surface area contributed by atoms with Gasteiger partial charge < -0.3 is 4.74 Å². The molecule has 2 aromatic heterocycles. The molecular weight excluding hydrogens is 392 g/mol. The molecule has 0 bridgehead atoms. The van der Waals surface area contributed by atoms with Gasteiger partial charge in [0.15, 0.2) is 0 Å². The molecule has 0 unspecified atom stereocenters. The number of hydrogen-bond donors (Lipinski definition) is 0.